The normalized spacial score (nSPS) is 22.8. The fourth-order valence-electron chi connectivity index (χ4n) is 1.70. The Morgan fingerprint density at radius 3 is 2.71 bits per heavy atom. The van der Waals surface area contributed by atoms with Gasteiger partial charge in [-0.25, -0.2) is 9.59 Å². The van der Waals surface area contributed by atoms with Crippen molar-refractivity contribution in [2.75, 3.05) is 13.2 Å². The van der Waals surface area contributed by atoms with Crippen LogP contribution in [0.2, 0.25) is 0 Å². The van der Waals surface area contributed by atoms with Crippen molar-refractivity contribution in [2.45, 2.75) is 38.8 Å². The maximum atomic E-state index is 11.6. The van der Waals surface area contributed by atoms with Crippen LogP contribution < -0.4 is 10.6 Å². The molecular weight excluding hydrogens is 224 g/mol. The lowest BCUT2D eigenvalue weighted by molar-refractivity contribution is -0.140. The van der Waals surface area contributed by atoms with Crippen LogP contribution in [-0.4, -0.2) is 42.4 Å². The zero-order chi connectivity index (χ0) is 12.8. The Bertz CT molecular complexity index is 277. The first-order valence-electron chi connectivity index (χ1n) is 5.92. The van der Waals surface area contributed by atoms with Crippen molar-refractivity contribution in [3.05, 3.63) is 0 Å². The fourth-order valence-corrected chi connectivity index (χ4v) is 1.70. The molecule has 17 heavy (non-hydrogen) atoms. The molecule has 1 aliphatic heterocycles. The van der Waals surface area contributed by atoms with E-state index < -0.39 is 18.0 Å². The van der Waals surface area contributed by atoms with Crippen LogP contribution in [-0.2, 0) is 9.53 Å². The van der Waals surface area contributed by atoms with Crippen molar-refractivity contribution in [2.24, 2.45) is 5.92 Å². The summed E-state index contributed by atoms with van der Waals surface area (Å²) in [5, 5.41) is 14.2. The molecule has 1 fully saturated rings. The van der Waals surface area contributed by atoms with Crippen LogP contribution >= 0.6 is 0 Å². The van der Waals surface area contributed by atoms with Gasteiger partial charge in [0.2, 0.25) is 0 Å². The molecule has 6 heteroatoms. The Labute approximate surface area is 101 Å². The Hall–Kier alpha value is -1.30. The van der Waals surface area contributed by atoms with E-state index in [0.717, 1.165) is 6.42 Å². The standard InChI is InChI=1S/C11H20N2O4/c1-3-7(2)9(10(14)15)13-11(16)12-8-4-5-17-6-8/h7-9H,3-6H2,1-2H3,(H,14,15)(H2,12,13,16). The molecule has 1 rings (SSSR count). The van der Waals surface area contributed by atoms with Crippen LogP contribution in [0.5, 0.6) is 0 Å². The topological polar surface area (TPSA) is 87.7 Å². The van der Waals surface area contributed by atoms with Crippen LogP contribution in [0.4, 0.5) is 4.79 Å². The molecule has 2 amide bonds. The minimum Gasteiger partial charge on any atom is -0.480 e. The van der Waals surface area contributed by atoms with Crippen LogP contribution in [0, 0.1) is 5.92 Å². The Morgan fingerprint density at radius 1 is 1.53 bits per heavy atom. The van der Waals surface area contributed by atoms with Crippen molar-refractivity contribution in [1.82, 2.24) is 10.6 Å². The number of urea groups is 1. The molecule has 0 radical (unpaired) electrons. The predicted octanol–water partition coefficient (Wildman–Crippen LogP) is 0.574. The number of carboxylic acid groups (broad SMARTS) is 1. The van der Waals surface area contributed by atoms with Gasteiger partial charge in [0.15, 0.2) is 0 Å². The molecule has 0 bridgehead atoms. The van der Waals surface area contributed by atoms with Crippen LogP contribution in [0.15, 0.2) is 0 Å². The average Bonchev–Trinajstić information content (AvgIpc) is 2.77. The van der Waals surface area contributed by atoms with E-state index in [-0.39, 0.29) is 12.0 Å². The van der Waals surface area contributed by atoms with Crippen molar-refractivity contribution >= 4 is 12.0 Å². The number of hydrogen-bond donors (Lipinski definition) is 3. The highest BCUT2D eigenvalue weighted by Gasteiger charge is 2.26. The van der Waals surface area contributed by atoms with E-state index >= 15 is 0 Å². The predicted molar refractivity (Wildman–Crippen MR) is 61.8 cm³/mol. The van der Waals surface area contributed by atoms with Crippen LogP contribution in [0.3, 0.4) is 0 Å². The summed E-state index contributed by atoms with van der Waals surface area (Å²) >= 11 is 0. The summed E-state index contributed by atoms with van der Waals surface area (Å²) < 4.78 is 5.12. The van der Waals surface area contributed by atoms with Gasteiger partial charge in [-0.2, -0.15) is 0 Å². The number of hydrogen-bond acceptors (Lipinski definition) is 3. The molecule has 98 valence electrons. The molecule has 3 N–H and O–H groups in total. The Balaban J connectivity index is 2.43. The highest BCUT2D eigenvalue weighted by atomic mass is 16.5. The van der Waals surface area contributed by atoms with E-state index in [2.05, 4.69) is 10.6 Å². The van der Waals surface area contributed by atoms with Gasteiger partial charge in [-0.1, -0.05) is 20.3 Å². The lowest BCUT2D eigenvalue weighted by atomic mass is 9.99. The van der Waals surface area contributed by atoms with Gasteiger partial charge in [0.1, 0.15) is 6.04 Å². The summed E-state index contributed by atoms with van der Waals surface area (Å²) in [7, 11) is 0. The lowest BCUT2D eigenvalue weighted by Gasteiger charge is -2.21. The third kappa shape index (κ3) is 4.22. The number of amides is 2. The minimum absolute atomic E-state index is 0.0126. The second kappa shape index (κ2) is 6.44. The molecule has 0 spiro atoms. The third-order valence-electron chi connectivity index (χ3n) is 3.03. The zero-order valence-electron chi connectivity index (χ0n) is 10.2. The summed E-state index contributed by atoms with van der Waals surface area (Å²) in [6, 6.07) is -1.29. The molecule has 1 saturated heterocycles. The largest absolute Gasteiger partial charge is 0.480 e. The molecule has 3 atom stereocenters. The third-order valence-corrected chi connectivity index (χ3v) is 3.03. The lowest BCUT2D eigenvalue weighted by Crippen LogP contribution is -2.51. The Kier molecular flexibility index (Phi) is 5.21. The first kappa shape index (κ1) is 13.8. The highest BCUT2D eigenvalue weighted by molar-refractivity contribution is 5.82. The molecule has 0 aliphatic carbocycles. The van der Waals surface area contributed by atoms with E-state index in [1.54, 1.807) is 6.92 Å². The molecular formula is C11H20N2O4. The number of aliphatic carboxylic acids is 1. The summed E-state index contributed by atoms with van der Waals surface area (Å²) in [6.45, 7) is 4.83. The van der Waals surface area contributed by atoms with Gasteiger partial charge < -0.3 is 20.5 Å². The molecule has 0 aromatic heterocycles. The number of carbonyl (C=O) groups excluding carboxylic acids is 1. The van der Waals surface area contributed by atoms with Crippen molar-refractivity contribution in [1.29, 1.82) is 0 Å². The molecule has 1 heterocycles. The second-order valence-corrected chi connectivity index (χ2v) is 4.38. The van der Waals surface area contributed by atoms with Crippen LogP contribution in [0.25, 0.3) is 0 Å². The van der Waals surface area contributed by atoms with Crippen molar-refractivity contribution < 1.29 is 19.4 Å². The highest BCUT2D eigenvalue weighted by Crippen LogP contribution is 2.08. The maximum Gasteiger partial charge on any atom is 0.326 e. The quantitative estimate of drug-likeness (QED) is 0.660. The number of carboxylic acids is 1. The monoisotopic (exact) mass is 244 g/mol. The van der Waals surface area contributed by atoms with Gasteiger partial charge in [0.05, 0.1) is 12.6 Å². The van der Waals surface area contributed by atoms with Crippen LogP contribution in [0.1, 0.15) is 26.7 Å². The van der Waals surface area contributed by atoms with Gasteiger partial charge in [-0.3, -0.25) is 0 Å². The van der Waals surface area contributed by atoms with E-state index in [0.29, 0.717) is 19.6 Å². The second-order valence-electron chi connectivity index (χ2n) is 4.38. The fraction of sp³-hybridized carbons (Fsp3) is 0.818. The molecule has 0 saturated carbocycles. The minimum atomic E-state index is -1.00. The average molecular weight is 244 g/mol. The molecule has 3 unspecified atom stereocenters. The molecule has 6 nitrogen and oxygen atoms in total. The first-order chi connectivity index (χ1) is 8.04. The first-order valence-corrected chi connectivity index (χ1v) is 5.92. The summed E-state index contributed by atoms with van der Waals surface area (Å²) in [5.41, 5.74) is 0. The van der Waals surface area contributed by atoms with Crippen molar-refractivity contribution in [3.8, 4) is 0 Å². The van der Waals surface area contributed by atoms with Gasteiger partial charge in [-0.05, 0) is 12.3 Å². The molecule has 0 aromatic rings. The zero-order valence-corrected chi connectivity index (χ0v) is 10.2. The summed E-state index contributed by atoms with van der Waals surface area (Å²) in [5.74, 6) is -1.10. The Morgan fingerprint density at radius 2 is 2.24 bits per heavy atom. The molecule has 1 aliphatic rings. The van der Waals surface area contributed by atoms with E-state index in [4.69, 9.17) is 9.84 Å². The number of carbonyl (C=O) groups is 2. The van der Waals surface area contributed by atoms with Gasteiger partial charge in [0.25, 0.3) is 0 Å². The number of nitrogens with one attached hydrogen (secondary N) is 2. The van der Waals surface area contributed by atoms with Crippen molar-refractivity contribution in [3.63, 3.8) is 0 Å². The van der Waals surface area contributed by atoms with E-state index in [9.17, 15) is 9.59 Å². The maximum absolute atomic E-state index is 11.6. The van der Waals surface area contributed by atoms with E-state index in [1.165, 1.54) is 0 Å². The van der Waals surface area contributed by atoms with Gasteiger partial charge in [0, 0.05) is 6.61 Å². The summed E-state index contributed by atoms with van der Waals surface area (Å²) in [6.07, 6.45) is 1.47. The number of rotatable bonds is 5. The summed E-state index contributed by atoms with van der Waals surface area (Å²) in [4.78, 5) is 22.6. The molecule has 0 aromatic carbocycles. The van der Waals surface area contributed by atoms with Gasteiger partial charge >= 0.3 is 12.0 Å². The SMILES string of the molecule is CCC(C)C(NC(=O)NC1CCOC1)C(=O)O. The van der Waals surface area contributed by atoms with Gasteiger partial charge in [-0.15, -0.1) is 0 Å². The smallest absolute Gasteiger partial charge is 0.326 e. The number of ether oxygens (including phenoxy) is 1. The van der Waals surface area contributed by atoms with E-state index in [1.807, 2.05) is 6.92 Å².